The highest BCUT2D eigenvalue weighted by atomic mass is 15.3. The SMILES string of the molecule is NNC(=Nc1cccc2cnccc12)Nc1ccccc1. The maximum atomic E-state index is 5.56. The largest absolute Gasteiger partial charge is 0.325 e. The van der Waals surface area contributed by atoms with E-state index in [1.807, 2.05) is 60.8 Å². The number of hydrogen-bond acceptors (Lipinski definition) is 3. The van der Waals surface area contributed by atoms with Crippen molar-refractivity contribution in [1.82, 2.24) is 10.4 Å². The summed E-state index contributed by atoms with van der Waals surface area (Å²) >= 11 is 0. The van der Waals surface area contributed by atoms with E-state index in [0.29, 0.717) is 5.96 Å². The van der Waals surface area contributed by atoms with Crippen molar-refractivity contribution in [3.63, 3.8) is 0 Å². The quantitative estimate of drug-likeness (QED) is 0.291. The molecule has 0 bridgehead atoms. The molecule has 0 aliphatic heterocycles. The molecule has 0 aliphatic rings. The van der Waals surface area contributed by atoms with Gasteiger partial charge in [-0.15, -0.1) is 0 Å². The number of rotatable bonds is 2. The third-order valence-electron chi connectivity index (χ3n) is 3.06. The number of para-hydroxylation sites is 1. The van der Waals surface area contributed by atoms with Crippen LogP contribution in [-0.4, -0.2) is 10.9 Å². The molecular weight excluding hydrogens is 262 g/mol. The number of fused-ring (bicyclic) bond motifs is 1. The normalized spacial score (nSPS) is 11.4. The second-order valence-electron chi connectivity index (χ2n) is 4.47. The number of guanidine groups is 1. The Balaban J connectivity index is 1.97. The number of hydrazine groups is 1. The Bertz CT molecular complexity index is 762. The van der Waals surface area contributed by atoms with Gasteiger partial charge in [0.2, 0.25) is 5.96 Å². The molecule has 0 aliphatic carbocycles. The van der Waals surface area contributed by atoms with E-state index in [9.17, 15) is 0 Å². The van der Waals surface area contributed by atoms with E-state index in [-0.39, 0.29) is 0 Å². The average molecular weight is 277 g/mol. The predicted octanol–water partition coefficient (Wildman–Crippen LogP) is 2.80. The third-order valence-corrected chi connectivity index (χ3v) is 3.06. The van der Waals surface area contributed by atoms with Gasteiger partial charge in [0.25, 0.3) is 0 Å². The van der Waals surface area contributed by atoms with Gasteiger partial charge in [-0.25, -0.2) is 10.8 Å². The number of hydrogen-bond donors (Lipinski definition) is 3. The Labute approximate surface area is 122 Å². The lowest BCUT2D eigenvalue weighted by Crippen LogP contribution is -2.35. The standard InChI is InChI=1S/C16H15N5/c17-21-16(19-13-6-2-1-3-7-13)20-15-8-4-5-12-11-18-10-9-14(12)15/h1-11H,17H2,(H2,19,20,21). The molecule has 2 aromatic carbocycles. The molecule has 1 aromatic heterocycles. The molecule has 0 spiro atoms. The molecule has 3 aromatic rings. The van der Waals surface area contributed by atoms with Crippen molar-refractivity contribution in [3.8, 4) is 0 Å². The summed E-state index contributed by atoms with van der Waals surface area (Å²) in [5, 5.41) is 5.20. The van der Waals surface area contributed by atoms with E-state index < -0.39 is 0 Å². The number of pyridine rings is 1. The molecule has 5 heteroatoms. The number of aliphatic imine (C=N–C) groups is 1. The molecule has 1 heterocycles. The van der Waals surface area contributed by atoms with Gasteiger partial charge in [0.05, 0.1) is 5.69 Å². The molecule has 4 N–H and O–H groups in total. The second kappa shape index (κ2) is 6.02. The van der Waals surface area contributed by atoms with Crippen LogP contribution in [0.1, 0.15) is 0 Å². The van der Waals surface area contributed by atoms with Crippen molar-refractivity contribution < 1.29 is 0 Å². The topological polar surface area (TPSA) is 75.3 Å². The van der Waals surface area contributed by atoms with E-state index >= 15 is 0 Å². The zero-order chi connectivity index (χ0) is 14.5. The number of anilines is 1. The molecule has 0 fully saturated rings. The summed E-state index contributed by atoms with van der Waals surface area (Å²) in [5.74, 6) is 6.03. The van der Waals surface area contributed by atoms with E-state index in [1.165, 1.54) is 0 Å². The molecule has 0 saturated carbocycles. The first-order valence-electron chi connectivity index (χ1n) is 6.57. The zero-order valence-electron chi connectivity index (χ0n) is 11.3. The van der Waals surface area contributed by atoms with Gasteiger partial charge in [0.1, 0.15) is 0 Å². The fraction of sp³-hybridized carbons (Fsp3) is 0. The fourth-order valence-electron chi connectivity index (χ4n) is 2.08. The van der Waals surface area contributed by atoms with Crippen LogP contribution in [-0.2, 0) is 0 Å². The lowest BCUT2D eigenvalue weighted by molar-refractivity contribution is 1.02. The molecule has 0 saturated heterocycles. The maximum Gasteiger partial charge on any atom is 0.215 e. The van der Waals surface area contributed by atoms with Crippen LogP contribution in [0.4, 0.5) is 11.4 Å². The van der Waals surface area contributed by atoms with Gasteiger partial charge in [0.15, 0.2) is 0 Å². The van der Waals surface area contributed by atoms with Crippen LogP contribution < -0.4 is 16.6 Å². The summed E-state index contributed by atoms with van der Waals surface area (Å²) < 4.78 is 0. The summed E-state index contributed by atoms with van der Waals surface area (Å²) in [6.07, 6.45) is 3.57. The molecule has 21 heavy (non-hydrogen) atoms. The molecule has 0 atom stereocenters. The highest BCUT2D eigenvalue weighted by Gasteiger charge is 2.02. The Morgan fingerprint density at radius 1 is 1.00 bits per heavy atom. The number of benzene rings is 2. The number of nitrogens with zero attached hydrogens (tertiary/aromatic N) is 2. The van der Waals surface area contributed by atoms with Crippen molar-refractivity contribution in [2.75, 3.05) is 5.32 Å². The van der Waals surface area contributed by atoms with Crippen LogP contribution in [0.3, 0.4) is 0 Å². The highest BCUT2D eigenvalue weighted by Crippen LogP contribution is 2.24. The summed E-state index contributed by atoms with van der Waals surface area (Å²) in [6, 6.07) is 17.5. The van der Waals surface area contributed by atoms with Gasteiger partial charge in [0, 0.05) is 28.9 Å². The minimum atomic E-state index is 0.477. The minimum absolute atomic E-state index is 0.477. The van der Waals surface area contributed by atoms with Gasteiger partial charge >= 0.3 is 0 Å². The van der Waals surface area contributed by atoms with E-state index in [2.05, 4.69) is 20.7 Å². The van der Waals surface area contributed by atoms with Crippen molar-refractivity contribution in [2.45, 2.75) is 0 Å². The van der Waals surface area contributed by atoms with Gasteiger partial charge < -0.3 is 5.32 Å². The number of aromatic nitrogens is 1. The molecule has 0 amide bonds. The van der Waals surface area contributed by atoms with Crippen molar-refractivity contribution in [2.24, 2.45) is 10.8 Å². The lowest BCUT2D eigenvalue weighted by atomic mass is 10.1. The Morgan fingerprint density at radius 2 is 1.86 bits per heavy atom. The first-order valence-corrected chi connectivity index (χ1v) is 6.57. The molecule has 104 valence electrons. The van der Waals surface area contributed by atoms with Crippen LogP contribution in [0, 0.1) is 0 Å². The number of nitrogens with one attached hydrogen (secondary N) is 2. The van der Waals surface area contributed by atoms with Crippen LogP contribution in [0.25, 0.3) is 10.8 Å². The summed E-state index contributed by atoms with van der Waals surface area (Å²) in [4.78, 5) is 8.66. The molecular formula is C16H15N5. The van der Waals surface area contributed by atoms with Gasteiger partial charge in [-0.3, -0.25) is 10.4 Å². The van der Waals surface area contributed by atoms with Crippen LogP contribution in [0.15, 0.2) is 72.0 Å². The lowest BCUT2D eigenvalue weighted by Gasteiger charge is -2.09. The van der Waals surface area contributed by atoms with Crippen LogP contribution in [0.2, 0.25) is 0 Å². The van der Waals surface area contributed by atoms with E-state index in [0.717, 1.165) is 22.1 Å². The third kappa shape index (κ3) is 2.98. The second-order valence-corrected chi connectivity index (χ2v) is 4.47. The van der Waals surface area contributed by atoms with Crippen molar-refractivity contribution in [1.29, 1.82) is 0 Å². The minimum Gasteiger partial charge on any atom is -0.325 e. The smallest absolute Gasteiger partial charge is 0.215 e. The average Bonchev–Trinajstić information content (AvgIpc) is 2.55. The zero-order valence-corrected chi connectivity index (χ0v) is 11.3. The summed E-state index contributed by atoms with van der Waals surface area (Å²) in [7, 11) is 0. The van der Waals surface area contributed by atoms with Gasteiger partial charge in [-0.2, -0.15) is 0 Å². The highest BCUT2D eigenvalue weighted by molar-refractivity contribution is 5.99. The van der Waals surface area contributed by atoms with Crippen molar-refractivity contribution >= 4 is 28.1 Å². The van der Waals surface area contributed by atoms with Gasteiger partial charge in [-0.1, -0.05) is 30.3 Å². The van der Waals surface area contributed by atoms with Gasteiger partial charge in [-0.05, 0) is 24.3 Å². The van der Waals surface area contributed by atoms with Crippen LogP contribution in [0.5, 0.6) is 0 Å². The molecule has 5 nitrogen and oxygen atoms in total. The Hall–Kier alpha value is -2.92. The molecule has 3 rings (SSSR count). The number of nitrogens with two attached hydrogens (primary N) is 1. The summed E-state index contributed by atoms with van der Waals surface area (Å²) in [5.41, 5.74) is 4.33. The molecule has 0 radical (unpaired) electrons. The van der Waals surface area contributed by atoms with E-state index in [1.54, 1.807) is 6.20 Å². The van der Waals surface area contributed by atoms with Crippen LogP contribution >= 0.6 is 0 Å². The maximum absolute atomic E-state index is 5.56. The van der Waals surface area contributed by atoms with E-state index in [4.69, 9.17) is 5.84 Å². The fourth-order valence-corrected chi connectivity index (χ4v) is 2.08. The predicted molar refractivity (Wildman–Crippen MR) is 86.2 cm³/mol. The first-order chi connectivity index (χ1) is 10.4. The first kappa shape index (κ1) is 13.1. The van der Waals surface area contributed by atoms with Crippen molar-refractivity contribution in [3.05, 3.63) is 67.0 Å². The molecule has 0 unspecified atom stereocenters. The monoisotopic (exact) mass is 277 g/mol. The Morgan fingerprint density at radius 3 is 2.67 bits per heavy atom. The summed E-state index contributed by atoms with van der Waals surface area (Å²) in [6.45, 7) is 0. The Kier molecular flexibility index (Phi) is 3.75.